The van der Waals surface area contributed by atoms with E-state index in [1.165, 1.54) is 5.56 Å². The van der Waals surface area contributed by atoms with Crippen LogP contribution in [0.2, 0.25) is 0 Å². The van der Waals surface area contributed by atoms with Crippen molar-refractivity contribution in [2.24, 2.45) is 0 Å². The Morgan fingerprint density at radius 3 is 2.43 bits per heavy atom. The van der Waals surface area contributed by atoms with Crippen LogP contribution < -0.4 is 4.74 Å². The van der Waals surface area contributed by atoms with Crippen molar-refractivity contribution in [3.8, 4) is 11.5 Å². The summed E-state index contributed by atoms with van der Waals surface area (Å²) in [5, 5.41) is 9.88. The van der Waals surface area contributed by atoms with E-state index >= 15 is 0 Å². The molecular weight excluding hydrogens is 176 g/mol. The van der Waals surface area contributed by atoms with Crippen LogP contribution in [0.15, 0.2) is 0 Å². The Labute approximate surface area is 84.5 Å². The normalized spacial score (nSPS) is 19.3. The molecule has 2 rings (SSSR count). The second-order valence-electron chi connectivity index (χ2n) is 4.16. The molecule has 0 spiro atoms. The lowest BCUT2D eigenvalue weighted by Crippen LogP contribution is -2.05. The van der Waals surface area contributed by atoms with Crippen molar-refractivity contribution in [2.75, 3.05) is 0 Å². The van der Waals surface area contributed by atoms with Gasteiger partial charge in [-0.3, -0.25) is 0 Å². The quantitative estimate of drug-likeness (QED) is 0.684. The highest BCUT2D eigenvalue weighted by Gasteiger charge is 2.26. The Kier molecular flexibility index (Phi) is 1.95. The highest BCUT2D eigenvalue weighted by Crippen LogP contribution is 2.41. The number of hydrogen-bond acceptors (Lipinski definition) is 2. The fraction of sp³-hybridized carbons (Fsp3) is 0.500. The molecule has 14 heavy (non-hydrogen) atoms. The number of phenolic OH excluding ortho intramolecular Hbond substituents is 1. The summed E-state index contributed by atoms with van der Waals surface area (Å²) in [4.78, 5) is 0. The zero-order valence-electron chi connectivity index (χ0n) is 9.14. The predicted molar refractivity (Wildman–Crippen MR) is 56.1 cm³/mol. The number of rotatable bonds is 0. The smallest absolute Gasteiger partial charge is 0.126 e. The Bertz CT molecular complexity index is 357. The largest absolute Gasteiger partial charge is 0.507 e. The molecule has 1 aromatic carbocycles. The molecule has 0 fully saturated rings. The van der Waals surface area contributed by atoms with Crippen LogP contribution in [-0.4, -0.2) is 11.2 Å². The second-order valence-corrected chi connectivity index (χ2v) is 4.16. The number of phenols is 1. The first kappa shape index (κ1) is 9.38. The molecule has 0 bridgehead atoms. The van der Waals surface area contributed by atoms with E-state index in [9.17, 15) is 5.11 Å². The summed E-state index contributed by atoms with van der Waals surface area (Å²) in [5.41, 5.74) is 4.17. The van der Waals surface area contributed by atoms with Gasteiger partial charge in [-0.1, -0.05) is 0 Å². The summed E-state index contributed by atoms with van der Waals surface area (Å²) < 4.78 is 5.74. The van der Waals surface area contributed by atoms with Gasteiger partial charge in [0.1, 0.15) is 17.6 Å². The van der Waals surface area contributed by atoms with E-state index in [-0.39, 0.29) is 6.10 Å². The molecule has 1 aliphatic rings. The molecule has 76 valence electrons. The van der Waals surface area contributed by atoms with Crippen LogP contribution in [-0.2, 0) is 6.42 Å². The minimum atomic E-state index is 0.239. The van der Waals surface area contributed by atoms with E-state index in [2.05, 4.69) is 6.92 Å². The zero-order chi connectivity index (χ0) is 10.5. The van der Waals surface area contributed by atoms with Gasteiger partial charge in [0.2, 0.25) is 0 Å². The maximum absolute atomic E-state index is 9.88. The first-order valence-corrected chi connectivity index (χ1v) is 5.00. The number of hydrogen-bond donors (Lipinski definition) is 1. The lowest BCUT2D eigenvalue weighted by molar-refractivity contribution is 0.253. The highest BCUT2D eigenvalue weighted by molar-refractivity contribution is 5.58. The van der Waals surface area contributed by atoms with Crippen LogP contribution in [0.25, 0.3) is 0 Å². The summed E-state index contributed by atoms with van der Waals surface area (Å²) in [5.74, 6) is 1.42. The van der Waals surface area contributed by atoms with Crippen LogP contribution >= 0.6 is 0 Å². The van der Waals surface area contributed by atoms with Crippen molar-refractivity contribution in [3.63, 3.8) is 0 Å². The standard InChI is InChI=1S/C12H16O2/c1-6-5-10-9(4)11(13)7(2)8(3)12(10)14-6/h6,13H,5H2,1-4H3/t6-/m1/s1. The Morgan fingerprint density at radius 2 is 1.79 bits per heavy atom. The van der Waals surface area contributed by atoms with Crippen molar-refractivity contribution in [3.05, 3.63) is 22.3 Å². The van der Waals surface area contributed by atoms with E-state index in [0.29, 0.717) is 5.75 Å². The van der Waals surface area contributed by atoms with Gasteiger partial charge in [-0.2, -0.15) is 0 Å². The zero-order valence-corrected chi connectivity index (χ0v) is 9.14. The van der Waals surface area contributed by atoms with Crippen LogP contribution in [0.5, 0.6) is 11.5 Å². The minimum absolute atomic E-state index is 0.239. The van der Waals surface area contributed by atoms with Gasteiger partial charge in [0, 0.05) is 12.0 Å². The third-order valence-electron chi connectivity index (χ3n) is 3.15. The van der Waals surface area contributed by atoms with Gasteiger partial charge in [-0.05, 0) is 44.4 Å². The molecule has 1 aliphatic heterocycles. The van der Waals surface area contributed by atoms with E-state index in [0.717, 1.165) is 28.9 Å². The summed E-state index contributed by atoms with van der Waals surface area (Å²) in [7, 11) is 0. The molecule has 1 heterocycles. The summed E-state index contributed by atoms with van der Waals surface area (Å²) in [6.45, 7) is 7.96. The summed E-state index contributed by atoms with van der Waals surface area (Å²) >= 11 is 0. The fourth-order valence-electron chi connectivity index (χ4n) is 2.10. The number of aromatic hydroxyl groups is 1. The Balaban J connectivity index is 2.70. The molecule has 0 aliphatic carbocycles. The third-order valence-corrected chi connectivity index (χ3v) is 3.15. The molecule has 1 atom stereocenters. The van der Waals surface area contributed by atoms with Crippen molar-refractivity contribution >= 4 is 0 Å². The average Bonchev–Trinajstić information content (AvgIpc) is 2.54. The van der Waals surface area contributed by atoms with Gasteiger partial charge >= 0.3 is 0 Å². The van der Waals surface area contributed by atoms with Crippen molar-refractivity contribution in [2.45, 2.75) is 40.2 Å². The molecule has 2 nitrogen and oxygen atoms in total. The van der Waals surface area contributed by atoms with E-state index in [4.69, 9.17) is 4.74 Å². The third kappa shape index (κ3) is 1.10. The van der Waals surface area contributed by atoms with Gasteiger partial charge in [-0.15, -0.1) is 0 Å². The Morgan fingerprint density at radius 1 is 1.14 bits per heavy atom. The van der Waals surface area contributed by atoms with Crippen LogP contribution in [0.1, 0.15) is 29.2 Å². The predicted octanol–water partition coefficient (Wildman–Crippen LogP) is 2.64. The van der Waals surface area contributed by atoms with Crippen molar-refractivity contribution < 1.29 is 9.84 Å². The molecule has 2 heteroatoms. The molecule has 0 saturated heterocycles. The SMILES string of the molecule is Cc1c(C)c2c(c(C)c1O)C[C@@H](C)O2. The summed E-state index contributed by atoms with van der Waals surface area (Å²) in [6, 6.07) is 0. The van der Waals surface area contributed by atoms with Gasteiger partial charge in [0.05, 0.1) is 0 Å². The van der Waals surface area contributed by atoms with Gasteiger partial charge < -0.3 is 9.84 Å². The van der Waals surface area contributed by atoms with Crippen LogP contribution in [0.4, 0.5) is 0 Å². The molecule has 1 N–H and O–H groups in total. The topological polar surface area (TPSA) is 29.5 Å². The van der Waals surface area contributed by atoms with Crippen molar-refractivity contribution in [1.29, 1.82) is 0 Å². The lowest BCUT2D eigenvalue weighted by atomic mass is 9.96. The van der Waals surface area contributed by atoms with Gasteiger partial charge in [-0.25, -0.2) is 0 Å². The number of ether oxygens (including phenoxy) is 1. The number of fused-ring (bicyclic) bond motifs is 1. The van der Waals surface area contributed by atoms with Crippen molar-refractivity contribution in [1.82, 2.24) is 0 Å². The van der Waals surface area contributed by atoms with Gasteiger partial charge in [0.25, 0.3) is 0 Å². The molecule has 0 aromatic heterocycles. The van der Waals surface area contributed by atoms with Crippen LogP contribution in [0.3, 0.4) is 0 Å². The molecule has 1 aromatic rings. The molecule has 0 amide bonds. The number of benzene rings is 1. The molecule has 0 radical (unpaired) electrons. The van der Waals surface area contributed by atoms with E-state index in [1.54, 1.807) is 0 Å². The van der Waals surface area contributed by atoms with E-state index in [1.807, 2.05) is 20.8 Å². The van der Waals surface area contributed by atoms with Gasteiger partial charge in [0.15, 0.2) is 0 Å². The highest BCUT2D eigenvalue weighted by atomic mass is 16.5. The lowest BCUT2D eigenvalue weighted by Gasteiger charge is -2.12. The van der Waals surface area contributed by atoms with E-state index < -0.39 is 0 Å². The maximum Gasteiger partial charge on any atom is 0.126 e. The Hall–Kier alpha value is -1.18. The molecule has 0 unspecified atom stereocenters. The first-order valence-electron chi connectivity index (χ1n) is 5.00. The maximum atomic E-state index is 9.88. The summed E-state index contributed by atoms with van der Waals surface area (Å²) in [6.07, 6.45) is 1.15. The minimum Gasteiger partial charge on any atom is -0.507 e. The second kappa shape index (κ2) is 2.91. The molecule has 0 saturated carbocycles. The first-order chi connectivity index (χ1) is 6.52. The van der Waals surface area contributed by atoms with Crippen LogP contribution in [0, 0.1) is 20.8 Å². The monoisotopic (exact) mass is 192 g/mol. The fourth-order valence-corrected chi connectivity index (χ4v) is 2.10. The molecular formula is C12H16O2. The average molecular weight is 192 g/mol.